The third kappa shape index (κ3) is 3.43. The number of hydrogen-bond acceptors (Lipinski definition) is 6. The molecule has 2 heterocycles. The van der Waals surface area contributed by atoms with E-state index in [0.29, 0.717) is 6.54 Å². The Bertz CT molecular complexity index is 688. The van der Waals surface area contributed by atoms with Gasteiger partial charge in [-0.2, -0.15) is 0 Å². The zero-order chi connectivity index (χ0) is 15.4. The van der Waals surface area contributed by atoms with Gasteiger partial charge in [-0.05, 0) is 6.07 Å². The number of carboxylic acid groups (broad SMARTS) is 1. The number of amides is 1. The summed E-state index contributed by atoms with van der Waals surface area (Å²) in [4.78, 5) is 35.6. The van der Waals surface area contributed by atoms with E-state index in [0.717, 1.165) is 6.07 Å². The number of rotatable bonds is 6. The van der Waals surface area contributed by atoms with E-state index in [1.54, 1.807) is 0 Å². The molecule has 1 amide bonds. The van der Waals surface area contributed by atoms with Gasteiger partial charge in [-0.1, -0.05) is 0 Å². The zero-order valence-electron chi connectivity index (χ0n) is 10.6. The van der Waals surface area contributed by atoms with Gasteiger partial charge in [-0.25, -0.2) is 9.78 Å². The van der Waals surface area contributed by atoms with Crippen molar-refractivity contribution in [2.45, 2.75) is 6.54 Å². The van der Waals surface area contributed by atoms with E-state index in [2.05, 4.69) is 10.3 Å². The highest BCUT2D eigenvalue weighted by molar-refractivity contribution is 5.91. The highest BCUT2D eigenvalue weighted by atomic mass is 16.6. The number of aromatic nitrogens is 2. The van der Waals surface area contributed by atoms with Gasteiger partial charge in [0.05, 0.1) is 12.4 Å². The molecule has 0 bridgehead atoms. The first kappa shape index (κ1) is 14.2. The van der Waals surface area contributed by atoms with Crippen molar-refractivity contribution in [1.82, 2.24) is 14.9 Å². The minimum Gasteiger partial charge on any atom is -0.476 e. The first-order valence-corrected chi connectivity index (χ1v) is 5.75. The van der Waals surface area contributed by atoms with E-state index in [-0.39, 0.29) is 18.0 Å². The van der Waals surface area contributed by atoms with Crippen LogP contribution >= 0.6 is 0 Å². The molecule has 2 N–H and O–H groups in total. The minimum absolute atomic E-state index is 0.0945. The van der Waals surface area contributed by atoms with Gasteiger partial charge in [-0.3, -0.25) is 14.9 Å². The van der Waals surface area contributed by atoms with Gasteiger partial charge in [0.1, 0.15) is 4.92 Å². The molecule has 21 heavy (non-hydrogen) atoms. The van der Waals surface area contributed by atoms with Gasteiger partial charge in [0.15, 0.2) is 11.5 Å². The van der Waals surface area contributed by atoms with Gasteiger partial charge in [0.2, 0.25) is 0 Å². The van der Waals surface area contributed by atoms with Gasteiger partial charge in [0.25, 0.3) is 5.91 Å². The average molecular weight is 294 g/mol. The molecular weight excluding hydrogens is 284 g/mol. The maximum absolute atomic E-state index is 11.6. The molecule has 0 radical (unpaired) electrons. The lowest BCUT2D eigenvalue weighted by atomic mass is 10.4. The number of carbonyl (C=O) groups is 2. The number of imidazole rings is 1. The summed E-state index contributed by atoms with van der Waals surface area (Å²) < 4.78 is 6.23. The maximum Gasteiger partial charge on any atom is 0.433 e. The number of furan rings is 1. The molecule has 0 spiro atoms. The van der Waals surface area contributed by atoms with Crippen LogP contribution < -0.4 is 5.32 Å². The molecule has 0 aliphatic rings. The van der Waals surface area contributed by atoms with Crippen LogP contribution in [0.3, 0.4) is 0 Å². The van der Waals surface area contributed by atoms with Crippen molar-refractivity contribution >= 4 is 17.8 Å². The lowest BCUT2D eigenvalue weighted by Crippen LogP contribution is -2.26. The molecule has 2 rings (SSSR count). The van der Waals surface area contributed by atoms with Crippen LogP contribution in [0.5, 0.6) is 0 Å². The zero-order valence-corrected chi connectivity index (χ0v) is 10.6. The van der Waals surface area contributed by atoms with Crippen molar-refractivity contribution in [3.8, 4) is 0 Å². The molecule has 0 aromatic carbocycles. The molecule has 0 fully saturated rings. The van der Waals surface area contributed by atoms with Crippen molar-refractivity contribution in [3.63, 3.8) is 0 Å². The molecule has 0 aliphatic carbocycles. The van der Waals surface area contributed by atoms with Crippen LogP contribution in [0.25, 0.3) is 0 Å². The Morgan fingerprint density at radius 3 is 2.81 bits per heavy atom. The third-order valence-electron chi connectivity index (χ3n) is 2.50. The summed E-state index contributed by atoms with van der Waals surface area (Å²) in [6.45, 7) is 0.484. The molecule has 2 aromatic rings. The molecule has 110 valence electrons. The smallest absolute Gasteiger partial charge is 0.433 e. The van der Waals surface area contributed by atoms with E-state index >= 15 is 0 Å². The van der Waals surface area contributed by atoms with Crippen molar-refractivity contribution in [1.29, 1.82) is 0 Å². The Labute approximate surface area is 117 Å². The van der Waals surface area contributed by atoms with Crippen molar-refractivity contribution in [2.24, 2.45) is 0 Å². The van der Waals surface area contributed by atoms with Crippen LogP contribution in [0.1, 0.15) is 21.0 Å². The van der Waals surface area contributed by atoms with Crippen molar-refractivity contribution < 1.29 is 24.0 Å². The number of carbonyl (C=O) groups excluding carboxylic acids is 1. The SMILES string of the molecule is O=C(O)c1cn(CCNC(=O)c2ccc([N+](=O)[O-])o2)cn1. The predicted octanol–water partition coefficient (Wildman–Crippen LogP) is 0.512. The summed E-state index contributed by atoms with van der Waals surface area (Å²) in [5.74, 6) is -2.42. The van der Waals surface area contributed by atoms with Crippen LogP contribution in [-0.4, -0.2) is 38.0 Å². The Balaban J connectivity index is 1.85. The normalized spacial score (nSPS) is 10.3. The molecule has 10 nitrogen and oxygen atoms in total. The fourth-order valence-corrected chi connectivity index (χ4v) is 1.53. The highest BCUT2D eigenvalue weighted by Crippen LogP contribution is 2.15. The Morgan fingerprint density at radius 2 is 2.24 bits per heavy atom. The quantitative estimate of drug-likeness (QED) is 0.584. The number of nitro groups is 1. The van der Waals surface area contributed by atoms with E-state index in [1.165, 1.54) is 23.2 Å². The summed E-state index contributed by atoms with van der Waals surface area (Å²) in [5.41, 5.74) is -0.0945. The first-order chi connectivity index (χ1) is 9.97. The number of nitrogens with zero attached hydrogens (tertiary/aromatic N) is 3. The lowest BCUT2D eigenvalue weighted by Gasteiger charge is -2.03. The van der Waals surface area contributed by atoms with Crippen molar-refractivity contribution in [3.05, 3.63) is 46.2 Å². The lowest BCUT2D eigenvalue weighted by molar-refractivity contribution is -0.402. The summed E-state index contributed by atoms with van der Waals surface area (Å²) in [5, 5.41) is 21.6. The first-order valence-electron chi connectivity index (χ1n) is 5.75. The number of hydrogen-bond donors (Lipinski definition) is 2. The summed E-state index contributed by atoms with van der Waals surface area (Å²) in [6, 6.07) is 2.29. The van der Waals surface area contributed by atoms with Crippen molar-refractivity contribution in [2.75, 3.05) is 6.54 Å². The van der Waals surface area contributed by atoms with Crippen LogP contribution in [0.2, 0.25) is 0 Å². The summed E-state index contributed by atoms with van der Waals surface area (Å²) in [6.07, 6.45) is 2.65. The number of nitrogens with one attached hydrogen (secondary N) is 1. The predicted molar refractivity (Wildman–Crippen MR) is 66.9 cm³/mol. The van der Waals surface area contributed by atoms with Crippen LogP contribution in [0.15, 0.2) is 29.1 Å². The van der Waals surface area contributed by atoms with Crippen LogP contribution in [0.4, 0.5) is 5.88 Å². The fourth-order valence-electron chi connectivity index (χ4n) is 1.53. The Morgan fingerprint density at radius 1 is 1.48 bits per heavy atom. The maximum atomic E-state index is 11.6. The van der Waals surface area contributed by atoms with Gasteiger partial charge >= 0.3 is 11.9 Å². The van der Waals surface area contributed by atoms with E-state index in [9.17, 15) is 19.7 Å². The van der Waals surface area contributed by atoms with Gasteiger partial charge in [-0.15, -0.1) is 0 Å². The molecule has 10 heteroatoms. The molecule has 0 aliphatic heterocycles. The third-order valence-corrected chi connectivity index (χ3v) is 2.50. The van der Waals surface area contributed by atoms with Gasteiger partial charge < -0.3 is 19.4 Å². The van der Waals surface area contributed by atoms with E-state index in [4.69, 9.17) is 9.52 Å². The molecule has 0 unspecified atom stereocenters. The molecule has 0 saturated carbocycles. The molecule has 2 aromatic heterocycles. The standard InChI is InChI=1S/C11H10N4O6/c16-10(8-1-2-9(21-8)15(19)20)12-3-4-14-5-7(11(17)18)13-6-14/h1-2,5-6H,3-4H2,(H,12,16)(H,17,18). The van der Waals surface area contributed by atoms with Crippen LogP contribution in [0, 0.1) is 10.1 Å². The topological polar surface area (TPSA) is 140 Å². The highest BCUT2D eigenvalue weighted by Gasteiger charge is 2.16. The van der Waals surface area contributed by atoms with E-state index in [1.807, 2.05) is 0 Å². The second-order valence-corrected chi connectivity index (χ2v) is 3.95. The Kier molecular flexibility index (Phi) is 3.97. The second-order valence-electron chi connectivity index (χ2n) is 3.95. The summed E-state index contributed by atoms with van der Waals surface area (Å²) in [7, 11) is 0. The molecular formula is C11H10N4O6. The number of carboxylic acids is 1. The fraction of sp³-hybridized carbons (Fsp3) is 0.182. The minimum atomic E-state index is -1.14. The monoisotopic (exact) mass is 294 g/mol. The molecule has 0 atom stereocenters. The van der Waals surface area contributed by atoms with Gasteiger partial charge in [0, 0.05) is 19.3 Å². The average Bonchev–Trinajstić information content (AvgIpc) is 3.07. The van der Waals surface area contributed by atoms with E-state index < -0.39 is 22.7 Å². The number of aromatic carboxylic acids is 1. The largest absolute Gasteiger partial charge is 0.476 e. The summed E-state index contributed by atoms with van der Waals surface area (Å²) >= 11 is 0. The van der Waals surface area contributed by atoms with Crippen LogP contribution in [-0.2, 0) is 6.54 Å². The second kappa shape index (κ2) is 5.86. The molecule has 0 saturated heterocycles. The Hall–Kier alpha value is -3.17.